The Kier molecular flexibility index (Phi) is 8.60. The number of carbonyl (C=O) groups is 2. The minimum absolute atomic E-state index is 0.0345. The van der Waals surface area contributed by atoms with Crippen LogP contribution in [0.3, 0.4) is 0 Å². The van der Waals surface area contributed by atoms with Crippen molar-refractivity contribution in [2.75, 3.05) is 39.9 Å². The molecule has 2 amide bonds. The summed E-state index contributed by atoms with van der Waals surface area (Å²) in [4.78, 5) is 34.7. The van der Waals surface area contributed by atoms with Crippen molar-refractivity contribution in [2.24, 2.45) is 5.41 Å². The molecule has 1 aromatic heterocycles. The van der Waals surface area contributed by atoms with E-state index >= 15 is 0 Å². The normalized spacial score (nSPS) is 20.6. The van der Waals surface area contributed by atoms with Gasteiger partial charge >= 0.3 is 0 Å². The number of methoxy groups -OCH3 is 1. The number of pyridine rings is 1. The Hall–Kier alpha value is -2.84. The zero-order valence-corrected chi connectivity index (χ0v) is 22.6. The van der Waals surface area contributed by atoms with Crippen LogP contribution in [0.4, 0.5) is 0 Å². The molecule has 1 N–H and O–H groups in total. The molecule has 0 spiro atoms. The highest BCUT2D eigenvalue weighted by Crippen LogP contribution is 2.37. The third-order valence-electron chi connectivity index (χ3n) is 7.44. The maximum atomic E-state index is 13.5. The van der Waals surface area contributed by atoms with Gasteiger partial charge in [0.15, 0.2) is 0 Å². The van der Waals surface area contributed by atoms with E-state index in [0.717, 1.165) is 24.0 Å². The van der Waals surface area contributed by atoms with Crippen LogP contribution in [-0.4, -0.2) is 77.7 Å². The second kappa shape index (κ2) is 11.7. The number of rotatable bonds is 7. The van der Waals surface area contributed by atoms with Gasteiger partial charge in [-0.1, -0.05) is 11.6 Å². The molecule has 3 heterocycles. The first-order valence-corrected chi connectivity index (χ1v) is 13.2. The molecule has 2 aliphatic heterocycles. The Balaban J connectivity index is 1.57. The van der Waals surface area contributed by atoms with Crippen molar-refractivity contribution < 1.29 is 24.2 Å². The maximum absolute atomic E-state index is 13.5. The van der Waals surface area contributed by atoms with Gasteiger partial charge < -0.3 is 24.4 Å². The van der Waals surface area contributed by atoms with E-state index in [4.69, 9.17) is 21.1 Å². The lowest BCUT2D eigenvalue weighted by Crippen LogP contribution is -2.51. The van der Waals surface area contributed by atoms with Crippen LogP contribution in [0.25, 0.3) is 0 Å². The topological polar surface area (TPSA) is 92.2 Å². The zero-order chi connectivity index (χ0) is 26.6. The number of nitrogens with zero attached hydrogens (tertiary/aromatic N) is 3. The van der Waals surface area contributed by atoms with E-state index in [-0.39, 0.29) is 30.2 Å². The molecular formula is C28H36ClN3O5. The predicted octanol–water partition coefficient (Wildman–Crippen LogP) is 4.04. The summed E-state index contributed by atoms with van der Waals surface area (Å²) in [6.45, 7) is 6.23. The fourth-order valence-electron chi connectivity index (χ4n) is 5.35. The lowest BCUT2D eigenvalue weighted by molar-refractivity contribution is -0.137. The molecule has 2 saturated heterocycles. The molecule has 0 radical (unpaired) electrons. The number of hydrogen-bond donors (Lipinski definition) is 1. The molecule has 1 aromatic carbocycles. The Morgan fingerprint density at radius 2 is 1.86 bits per heavy atom. The Morgan fingerprint density at radius 1 is 1.16 bits per heavy atom. The summed E-state index contributed by atoms with van der Waals surface area (Å²) < 4.78 is 11.6. The molecule has 0 unspecified atom stereocenters. The van der Waals surface area contributed by atoms with E-state index in [2.05, 4.69) is 4.98 Å². The molecule has 9 heteroatoms. The van der Waals surface area contributed by atoms with Gasteiger partial charge in [-0.25, -0.2) is 4.98 Å². The molecule has 4 rings (SSSR count). The van der Waals surface area contributed by atoms with Gasteiger partial charge in [0.25, 0.3) is 5.91 Å². The van der Waals surface area contributed by atoms with E-state index in [1.165, 1.54) is 7.11 Å². The monoisotopic (exact) mass is 529 g/mol. The van der Waals surface area contributed by atoms with E-state index in [1.807, 2.05) is 30.9 Å². The minimum Gasteiger partial charge on any atom is -0.493 e. The van der Waals surface area contributed by atoms with Crippen molar-refractivity contribution in [3.63, 3.8) is 0 Å². The number of aryl methyl sites for hydroxylation is 2. The summed E-state index contributed by atoms with van der Waals surface area (Å²) in [6, 6.07) is 7.24. The molecule has 2 fully saturated rings. The number of amides is 2. The number of piperidine rings is 2. The van der Waals surface area contributed by atoms with E-state index in [9.17, 15) is 14.7 Å². The van der Waals surface area contributed by atoms with Crippen LogP contribution < -0.4 is 9.47 Å². The number of aliphatic hydroxyl groups is 1. The van der Waals surface area contributed by atoms with E-state index in [0.29, 0.717) is 62.0 Å². The first-order valence-electron chi connectivity index (χ1n) is 12.8. The van der Waals surface area contributed by atoms with Crippen LogP contribution in [0.15, 0.2) is 30.5 Å². The van der Waals surface area contributed by atoms with Gasteiger partial charge in [-0.2, -0.15) is 0 Å². The average Bonchev–Trinajstić information content (AvgIpc) is 2.90. The van der Waals surface area contributed by atoms with Crippen LogP contribution in [0.5, 0.6) is 11.6 Å². The summed E-state index contributed by atoms with van der Waals surface area (Å²) in [5, 5.41) is 10.6. The van der Waals surface area contributed by atoms with Gasteiger partial charge in [-0.05, 0) is 74.9 Å². The summed E-state index contributed by atoms with van der Waals surface area (Å²) in [7, 11) is 1.50. The number of benzene rings is 1. The Morgan fingerprint density at radius 3 is 2.54 bits per heavy atom. The minimum atomic E-state index is -0.558. The lowest BCUT2D eigenvalue weighted by atomic mass is 9.77. The largest absolute Gasteiger partial charge is 0.493 e. The average molecular weight is 530 g/mol. The lowest BCUT2D eigenvalue weighted by Gasteiger charge is -2.43. The maximum Gasteiger partial charge on any atom is 0.259 e. The molecule has 0 aliphatic carbocycles. The molecule has 8 nitrogen and oxygen atoms in total. The first kappa shape index (κ1) is 27.2. The van der Waals surface area contributed by atoms with Crippen LogP contribution in [0.2, 0.25) is 5.02 Å². The number of aromatic nitrogens is 1. The third-order valence-corrected chi connectivity index (χ3v) is 8.04. The van der Waals surface area contributed by atoms with E-state index in [1.54, 1.807) is 23.2 Å². The van der Waals surface area contributed by atoms with Crippen molar-refractivity contribution in [3.05, 3.63) is 52.2 Å². The fraction of sp³-hybridized carbons (Fsp3) is 0.536. The quantitative estimate of drug-likeness (QED) is 0.582. The fourth-order valence-corrected chi connectivity index (χ4v) is 5.46. The number of hydrogen-bond acceptors (Lipinski definition) is 6. The number of halogens is 1. The van der Waals surface area contributed by atoms with Crippen LogP contribution in [-0.2, 0) is 4.79 Å². The van der Waals surface area contributed by atoms with Gasteiger partial charge in [0.2, 0.25) is 11.8 Å². The molecule has 0 saturated carbocycles. The van der Waals surface area contributed by atoms with Crippen molar-refractivity contribution in [3.8, 4) is 11.6 Å². The summed E-state index contributed by atoms with van der Waals surface area (Å²) in [5.74, 6) is 0.854. The number of aliphatic hydroxyl groups excluding tert-OH is 1. The van der Waals surface area contributed by atoms with Crippen molar-refractivity contribution in [2.45, 2.75) is 52.1 Å². The van der Waals surface area contributed by atoms with Gasteiger partial charge in [-0.15, -0.1) is 0 Å². The number of likely N-dealkylation sites (tertiary alicyclic amines) is 2. The first-order chi connectivity index (χ1) is 17.7. The summed E-state index contributed by atoms with van der Waals surface area (Å²) in [5.41, 5.74) is 1.70. The van der Waals surface area contributed by atoms with Crippen molar-refractivity contribution >= 4 is 23.4 Å². The van der Waals surface area contributed by atoms with Crippen molar-refractivity contribution in [1.29, 1.82) is 0 Å². The van der Waals surface area contributed by atoms with Crippen LogP contribution in [0.1, 0.15) is 53.6 Å². The molecule has 1 atom stereocenters. The molecule has 2 aliphatic rings. The molecule has 37 heavy (non-hydrogen) atoms. The molecule has 0 bridgehead atoms. The standard InChI is InChI=1S/C28H36ClN3O5/c1-19-14-22(15-20(2)25(19)29)37-18-28(16-24(34)31-12-7-21(33)8-13-31)9-5-11-32(17-28)27(35)23-6-4-10-30-26(23)36-3/h4,6,10,14-15,21,33H,5,7-9,11-13,16-18H2,1-3H3/t28-/m0/s1. The second-order valence-electron chi connectivity index (χ2n) is 10.3. The number of carbonyl (C=O) groups excluding carboxylic acids is 2. The SMILES string of the molecule is COc1ncccc1C(=O)N1CCC[C@](COc2cc(C)c(Cl)c(C)c2)(CC(=O)N2CCC(O)CC2)C1. The highest BCUT2D eigenvalue weighted by atomic mass is 35.5. The van der Waals surface area contributed by atoms with Gasteiger partial charge in [0.05, 0.1) is 19.8 Å². The van der Waals surface area contributed by atoms with Gasteiger partial charge in [0, 0.05) is 49.2 Å². The zero-order valence-electron chi connectivity index (χ0n) is 21.8. The summed E-state index contributed by atoms with van der Waals surface area (Å²) >= 11 is 6.34. The third kappa shape index (κ3) is 6.36. The molecular weight excluding hydrogens is 494 g/mol. The molecule has 200 valence electrons. The Labute approximate surface area is 223 Å². The molecule has 2 aromatic rings. The van der Waals surface area contributed by atoms with Crippen molar-refractivity contribution in [1.82, 2.24) is 14.8 Å². The van der Waals surface area contributed by atoms with Crippen LogP contribution >= 0.6 is 11.6 Å². The van der Waals surface area contributed by atoms with Crippen LogP contribution in [0, 0.1) is 19.3 Å². The highest BCUT2D eigenvalue weighted by molar-refractivity contribution is 6.32. The van der Waals surface area contributed by atoms with Gasteiger partial charge in [-0.3, -0.25) is 9.59 Å². The second-order valence-corrected chi connectivity index (χ2v) is 10.7. The van der Waals surface area contributed by atoms with E-state index < -0.39 is 5.41 Å². The predicted molar refractivity (Wildman–Crippen MR) is 141 cm³/mol. The highest BCUT2D eigenvalue weighted by Gasteiger charge is 2.42. The van der Waals surface area contributed by atoms with Gasteiger partial charge in [0.1, 0.15) is 11.3 Å². The Bertz CT molecular complexity index is 1110. The summed E-state index contributed by atoms with van der Waals surface area (Å²) in [6.07, 6.45) is 4.19. The smallest absolute Gasteiger partial charge is 0.259 e. The number of ether oxygens (including phenoxy) is 2.